The van der Waals surface area contributed by atoms with Crippen molar-refractivity contribution in [3.8, 4) is 0 Å². The van der Waals surface area contributed by atoms with Crippen LogP contribution in [-0.4, -0.2) is 9.78 Å². The van der Waals surface area contributed by atoms with Gasteiger partial charge in [-0.2, -0.15) is 5.10 Å². The summed E-state index contributed by atoms with van der Waals surface area (Å²) in [6, 6.07) is 0. The second-order valence-electron chi connectivity index (χ2n) is 4.59. The van der Waals surface area contributed by atoms with Gasteiger partial charge in [-0.25, -0.2) is 0 Å². The van der Waals surface area contributed by atoms with E-state index < -0.39 is 0 Å². The van der Waals surface area contributed by atoms with Gasteiger partial charge in [0.1, 0.15) is 0 Å². The highest BCUT2D eigenvalue weighted by atomic mass is 127. The Morgan fingerprint density at radius 1 is 1.40 bits per heavy atom. The molecule has 2 rings (SSSR count). The van der Waals surface area contributed by atoms with Crippen molar-refractivity contribution in [3.05, 3.63) is 15.5 Å². The SMILES string of the molecule is Cc1c(I)cnn1CCC1CCCCC1. The fourth-order valence-corrected chi connectivity index (χ4v) is 2.83. The summed E-state index contributed by atoms with van der Waals surface area (Å²) < 4.78 is 3.45. The lowest BCUT2D eigenvalue weighted by atomic mass is 9.87. The zero-order valence-corrected chi connectivity index (χ0v) is 11.5. The molecule has 84 valence electrons. The van der Waals surface area contributed by atoms with Crippen molar-refractivity contribution in [2.75, 3.05) is 0 Å². The van der Waals surface area contributed by atoms with Crippen LogP contribution < -0.4 is 0 Å². The van der Waals surface area contributed by atoms with Gasteiger partial charge < -0.3 is 0 Å². The molecule has 1 aromatic rings. The molecule has 1 saturated carbocycles. The minimum absolute atomic E-state index is 0.958. The lowest BCUT2D eigenvalue weighted by Crippen LogP contribution is -2.11. The minimum atomic E-state index is 0.958. The maximum atomic E-state index is 4.41. The average Bonchev–Trinajstić information content (AvgIpc) is 2.59. The van der Waals surface area contributed by atoms with E-state index in [1.807, 2.05) is 6.20 Å². The lowest BCUT2D eigenvalue weighted by Gasteiger charge is -2.21. The highest BCUT2D eigenvalue weighted by Crippen LogP contribution is 2.26. The highest BCUT2D eigenvalue weighted by molar-refractivity contribution is 14.1. The van der Waals surface area contributed by atoms with Crippen LogP contribution in [0.1, 0.15) is 44.2 Å². The van der Waals surface area contributed by atoms with E-state index >= 15 is 0 Å². The fraction of sp³-hybridized carbons (Fsp3) is 0.750. The summed E-state index contributed by atoms with van der Waals surface area (Å²) in [5, 5.41) is 4.41. The predicted molar refractivity (Wildman–Crippen MR) is 70.9 cm³/mol. The molecule has 0 unspecified atom stereocenters. The standard InChI is InChI=1S/C12H19IN2/c1-10-12(13)9-14-15(10)8-7-11-5-3-2-4-6-11/h9,11H,2-8H2,1H3. The van der Waals surface area contributed by atoms with E-state index in [0.717, 1.165) is 12.5 Å². The lowest BCUT2D eigenvalue weighted by molar-refractivity contribution is 0.317. The molecular weight excluding hydrogens is 299 g/mol. The van der Waals surface area contributed by atoms with Gasteiger partial charge in [0, 0.05) is 12.2 Å². The van der Waals surface area contributed by atoms with Crippen molar-refractivity contribution < 1.29 is 0 Å². The summed E-state index contributed by atoms with van der Waals surface area (Å²) in [7, 11) is 0. The van der Waals surface area contributed by atoms with E-state index in [0.29, 0.717) is 0 Å². The molecule has 0 aromatic carbocycles. The molecule has 1 aromatic heterocycles. The Hall–Kier alpha value is -0.0600. The number of nitrogens with zero attached hydrogens (tertiary/aromatic N) is 2. The Bertz CT molecular complexity index is 313. The average molecular weight is 318 g/mol. The van der Waals surface area contributed by atoms with Crippen LogP contribution in [0, 0.1) is 16.4 Å². The van der Waals surface area contributed by atoms with Crippen molar-refractivity contribution in [1.29, 1.82) is 0 Å². The van der Waals surface area contributed by atoms with Gasteiger partial charge in [0.2, 0.25) is 0 Å². The highest BCUT2D eigenvalue weighted by Gasteiger charge is 2.13. The quantitative estimate of drug-likeness (QED) is 0.776. The third-order valence-electron chi connectivity index (χ3n) is 3.52. The molecule has 0 N–H and O–H groups in total. The van der Waals surface area contributed by atoms with E-state index in [1.165, 1.54) is 47.8 Å². The third kappa shape index (κ3) is 2.95. The van der Waals surface area contributed by atoms with Gasteiger partial charge >= 0.3 is 0 Å². The largest absolute Gasteiger partial charge is 0.269 e. The molecule has 15 heavy (non-hydrogen) atoms. The van der Waals surface area contributed by atoms with E-state index in [4.69, 9.17) is 0 Å². The van der Waals surface area contributed by atoms with E-state index in [9.17, 15) is 0 Å². The second kappa shape index (κ2) is 5.32. The molecule has 0 saturated heterocycles. The van der Waals surface area contributed by atoms with Gasteiger partial charge in [0.05, 0.1) is 9.77 Å². The monoisotopic (exact) mass is 318 g/mol. The van der Waals surface area contributed by atoms with Crippen molar-refractivity contribution in [2.45, 2.75) is 52.0 Å². The summed E-state index contributed by atoms with van der Waals surface area (Å²) in [5.41, 5.74) is 1.33. The Labute approximate surface area is 106 Å². The molecule has 0 bridgehead atoms. The first-order valence-corrected chi connectivity index (χ1v) is 7.03. The molecule has 1 aliphatic carbocycles. The first kappa shape index (κ1) is 11.4. The van der Waals surface area contributed by atoms with Crippen molar-refractivity contribution >= 4 is 22.6 Å². The number of halogens is 1. The van der Waals surface area contributed by atoms with Gasteiger partial charge in [0.15, 0.2) is 0 Å². The zero-order valence-electron chi connectivity index (χ0n) is 9.38. The van der Waals surface area contributed by atoms with Crippen LogP contribution in [0.5, 0.6) is 0 Å². The summed E-state index contributed by atoms with van der Waals surface area (Å²) in [5.74, 6) is 0.958. The van der Waals surface area contributed by atoms with Gasteiger partial charge in [-0.15, -0.1) is 0 Å². The number of rotatable bonds is 3. The predicted octanol–water partition coefficient (Wildman–Crippen LogP) is 3.77. The topological polar surface area (TPSA) is 17.8 Å². The molecule has 2 nitrogen and oxygen atoms in total. The van der Waals surface area contributed by atoms with Crippen LogP contribution in [-0.2, 0) is 6.54 Å². The molecule has 3 heteroatoms. The Kier molecular flexibility index (Phi) is 4.05. The Morgan fingerprint density at radius 2 is 2.13 bits per heavy atom. The summed E-state index contributed by atoms with van der Waals surface area (Å²) in [6.07, 6.45) is 10.5. The fourth-order valence-electron chi connectivity index (χ4n) is 2.43. The molecule has 0 atom stereocenters. The molecular formula is C12H19IN2. The molecule has 1 fully saturated rings. The summed E-state index contributed by atoms with van der Waals surface area (Å²) in [6.45, 7) is 3.27. The van der Waals surface area contributed by atoms with Crippen molar-refractivity contribution in [2.24, 2.45) is 5.92 Å². The Balaban J connectivity index is 1.84. The smallest absolute Gasteiger partial charge is 0.0626 e. The second-order valence-corrected chi connectivity index (χ2v) is 5.76. The van der Waals surface area contributed by atoms with Crippen LogP contribution in [0.2, 0.25) is 0 Å². The number of hydrogen-bond acceptors (Lipinski definition) is 1. The van der Waals surface area contributed by atoms with Gasteiger partial charge in [-0.3, -0.25) is 4.68 Å². The molecule has 0 aliphatic heterocycles. The van der Waals surface area contributed by atoms with Crippen LogP contribution >= 0.6 is 22.6 Å². The summed E-state index contributed by atoms with van der Waals surface area (Å²) >= 11 is 2.36. The maximum Gasteiger partial charge on any atom is 0.0626 e. The number of aromatic nitrogens is 2. The maximum absolute atomic E-state index is 4.41. The van der Waals surface area contributed by atoms with Crippen molar-refractivity contribution in [1.82, 2.24) is 9.78 Å². The minimum Gasteiger partial charge on any atom is -0.269 e. The molecule has 0 radical (unpaired) electrons. The molecule has 1 heterocycles. The van der Waals surface area contributed by atoms with Gasteiger partial charge in [-0.1, -0.05) is 32.1 Å². The van der Waals surface area contributed by atoms with Gasteiger partial charge in [0.25, 0.3) is 0 Å². The third-order valence-corrected chi connectivity index (χ3v) is 4.58. The van der Waals surface area contributed by atoms with E-state index in [-0.39, 0.29) is 0 Å². The van der Waals surface area contributed by atoms with Crippen molar-refractivity contribution in [3.63, 3.8) is 0 Å². The van der Waals surface area contributed by atoms with E-state index in [2.05, 4.69) is 39.3 Å². The Morgan fingerprint density at radius 3 is 2.73 bits per heavy atom. The number of aryl methyl sites for hydroxylation is 1. The summed E-state index contributed by atoms with van der Waals surface area (Å²) in [4.78, 5) is 0. The molecule has 0 amide bonds. The van der Waals surface area contributed by atoms with Crippen LogP contribution in [0.25, 0.3) is 0 Å². The van der Waals surface area contributed by atoms with Crippen LogP contribution in [0.15, 0.2) is 6.20 Å². The van der Waals surface area contributed by atoms with E-state index in [1.54, 1.807) is 0 Å². The van der Waals surface area contributed by atoms with Crippen LogP contribution in [0.3, 0.4) is 0 Å². The molecule has 1 aliphatic rings. The van der Waals surface area contributed by atoms with Gasteiger partial charge in [-0.05, 0) is 41.9 Å². The normalized spacial score (nSPS) is 18.3. The first-order valence-electron chi connectivity index (χ1n) is 5.95. The number of hydrogen-bond donors (Lipinski definition) is 0. The zero-order chi connectivity index (χ0) is 10.7. The molecule has 0 spiro atoms. The first-order chi connectivity index (χ1) is 7.27. The van der Waals surface area contributed by atoms with Crippen LogP contribution in [0.4, 0.5) is 0 Å².